The lowest BCUT2D eigenvalue weighted by molar-refractivity contribution is -0.127. The van der Waals surface area contributed by atoms with Crippen LogP contribution in [0.5, 0.6) is 5.75 Å². The van der Waals surface area contributed by atoms with Crippen molar-refractivity contribution in [3.05, 3.63) is 100 Å². The Kier molecular flexibility index (Phi) is 7.60. The number of rotatable bonds is 8. The Morgan fingerprint density at radius 1 is 0.972 bits per heavy atom. The quantitative estimate of drug-likeness (QED) is 0.309. The molecule has 6 nitrogen and oxygen atoms in total. The van der Waals surface area contributed by atoms with E-state index in [1.54, 1.807) is 18.1 Å². The van der Waals surface area contributed by atoms with E-state index in [0.29, 0.717) is 5.69 Å². The molecule has 186 valence electrons. The first-order valence-electron chi connectivity index (χ1n) is 11.8. The lowest BCUT2D eigenvalue weighted by Gasteiger charge is -2.33. The summed E-state index contributed by atoms with van der Waals surface area (Å²) in [5, 5.41) is 4.99. The van der Waals surface area contributed by atoms with Gasteiger partial charge in [0.1, 0.15) is 17.5 Å². The van der Waals surface area contributed by atoms with Crippen molar-refractivity contribution in [3.63, 3.8) is 0 Å². The summed E-state index contributed by atoms with van der Waals surface area (Å²) in [7, 11) is 1.62. The minimum absolute atomic E-state index is 0.221. The molecule has 2 amide bonds. The number of methoxy groups -OCH3 is 1. The van der Waals surface area contributed by atoms with Gasteiger partial charge in [-0.25, -0.2) is 0 Å². The lowest BCUT2D eigenvalue weighted by Crippen LogP contribution is -2.49. The van der Waals surface area contributed by atoms with Crippen LogP contribution in [0.25, 0.3) is 11.3 Å². The third-order valence-electron chi connectivity index (χ3n) is 5.64. The molecule has 2 aromatic heterocycles. The van der Waals surface area contributed by atoms with E-state index >= 15 is 0 Å². The van der Waals surface area contributed by atoms with E-state index in [-0.39, 0.29) is 18.4 Å². The van der Waals surface area contributed by atoms with Crippen molar-refractivity contribution in [2.45, 2.75) is 38.9 Å². The number of hydrogen-bond acceptors (Lipinski definition) is 4. The van der Waals surface area contributed by atoms with E-state index in [1.807, 2.05) is 98.9 Å². The van der Waals surface area contributed by atoms with Crippen LogP contribution in [0.1, 0.15) is 47.7 Å². The summed E-state index contributed by atoms with van der Waals surface area (Å²) in [6, 6.07) is 24.1. The molecule has 4 rings (SSSR count). The van der Waals surface area contributed by atoms with Crippen LogP contribution < -0.4 is 10.1 Å². The summed E-state index contributed by atoms with van der Waals surface area (Å²) >= 11 is 1.46. The Labute approximate surface area is 215 Å². The SMILES string of the molecule is COc1ccc(CN(C(=O)c2ccc(-c3ccccc3)[nH]2)[C@H](C(=O)NC(C)(C)C)c2cccs2)cc1. The second-order valence-electron chi connectivity index (χ2n) is 9.59. The monoisotopic (exact) mass is 501 g/mol. The lowest BCUT2D eigenvalue weighted by atomic mass is 10.1. The maximum Gasteiger partial charge on any atom is 0.271 e. The Balaban J connectivity index is 1.74. The highest BCUT2D eigenvalue weighted by Crippen LogP contribution is 2.30. The molecule has 0 bridgehead atoms. The number of benzene rings is 2. The highest BCUT2D eigenvalue weighted by molar-refractivity contribution is 7.10. The Hall–Kier alpha value is -3.84. The van der Waals surface area contributed by atoms with Gasteiger partial charge in [0.05, 0.1) is 7.11 Å². The zero-order chi connectivity index (χ0) is 25.7. The Bertz CT molecular complexity index is 1290. The van der Waals surface area contributed by atoms with Crippen molar-refractivity contribution in [2.24, 2.45) is 0 Å². The molecule has 4 aromatic rings. The number of hydrogen-bond donors (Lipinski definition) is 2. The molecule has 1 atom stereocenters. The molecular formula is C29H31N3O3S. The average molecular weight is 502 g/mol. The molecule has 36 heavy (non-hydrogen) atoms. The van der Waals surface area contributed by atoms with E-state index in [9.17, 15) is 9.59 Å². The molecule has 0 saturated heterocycles. The standard InChI is InChI=1S/C29H31N3O3S/c1-29(2,3)31-27(33)26(25-11-8-18-36-25)32(19-20-12-14-22(35-4)15-13-20)28(34)24-17-16-23(30-24)21-9-6-5-7-10-21/h5-18,26,30H,19H2,1-4H3,(H,31,33)/t26-/m0/s1. The van der Waals surface area contributed by atoms with Crippen LogP contribution >= 0.6 is 11.3 Å². The molecule has 7 heteroatoms. The van der Waals surface area contributed by atoms with Crippen LogP contribution in [0.15, 0.2) is 84.2 Å². The van der Waals surface area contributed by atoms with Gasteiger partial charge in [-0.05, 0) is 67.6 Å². The van der Waals surface area contributed by atoms with Crippen LogP contribution in [0, 0.1) is 0 Å². The van der Waals surface area contributed by atoms with Crippen molar-refractivity contribution in [1.82, 2.24) is 15.2 Å². The van der Waals surface area contributed by atoms with Gasteiger partial charge in [-0.3, -0.25) is 9.59 Å². The summed E-state index contributed by atoms with van der Waals surface area (Å²) < 4.78 is 5.29. The molecule has 0 aliphatic rings. The van der Waals surface area contributed by atoms with Crippen molar-refractivity contribution in [3.8, 4) is 17.0 Å². The number of carbonyl (C=O) groups is 2. The Morgan fingerprint density at radius 2 is 1.69 bits per heavy atom. The number of aromatic amines is 1. The van der Waals surface area contributed by atoms with Gasteiger partial charge >= 0.3 is 0 Å². The van der Waals surface area contributed by atoms with Gasteiger partial charge in [0, 0.05) is 22.7 Å². The van der Waals surface area contributed by atoms with E-state index in [2.05, 4.69) is 10.3 Å². The first kappa shape index (κ1) is 25.3. The van der Waals surface area contributed by atoms with E-state index in [0.717, 1.165) is 27.4 Å². The predicted molar refractivity (Wildman–Crippen MR) is 144 cm³/mol. The molecule has 0 aliphatic carbocycles. The molecule has 0 aliphatic heterocycles. The highest BCUT2D eigenvalue weighted by Gasteiger charge is 2.35. The summed E-state index contributed by atoms with van der Waals surface area (Å²) in [6.45, 7) is 6.05. The van der Waals surface area contributed by atoms with Crippen LogP contribution in [0.3, 0.4) is 0 Å². The maximum atomic E-state index is 14.0. The molecule has 0 saturated carbocycles. The summed E-state index contributed by atoms with van der Waals surface area (Å²) in [4.78, 5) is 33.3. The molecule has 0 spiro atoms. The van der Waals surface area contributed by atoms with Gasteiger partial charge in [-0.2, -0.15) is 0 Å². The van der Waals surface area contributed by atoms with Gasteiger partial charge in [-0.1, -0.05) is 48.5 Å². The number of nitrogens with one attached hydrogen (secondary N) is 2. The van der Waals surface area contributed by atoms with E-state index < -0.39 is 11.6 Å². The van der Waals surface area contributed by atoms with Crippen molar-refractivity contribution in [2.75, 3.05) is 7.11 Å². The average Bonchev–Trinajstić information content (AvgIpc) is 3.56. The van der Waals surface area contributed by atoms with Crippen LogP contribution in [0.2, 0.25) is 0 Å². The minimum Gasteiger partial charge on any atom is -0.497 e. The maximum absolute atomic E-state index is 14.0. The Morgan fingerprint density at radius 3 is 2.31 bits per heavy atom. The minimum atomic E-state index is -0.790. The molecule has 2 heterocycles. The van der Waals surface area contributed by atoms with Crippen molar-refractivity contribution in [1.29, 1.82) is 0 Å². The van der Waals surface area contributed by atoms with Crippen molar-refractivity contribution >= 4 is 23.2 Å². The van der Waals surface area contributed by atoms with Crippen LogP contribution in [-0.4, -0.2) is 34.3 Å². The van der Waals surface area contributed by atoms with E-state index in [1.165, 1.54) is 11.3 Å². The zero-order valence-corrected chi connectivity index (χ0v) is 21.8. The zero-order valence-electron chi connectivity index (χ0n) is 20.9. The number of aromatic nitrogens is 1. The predicted octanol–water partition coefficient (Wildman–Crippen LogP) is 6.05. The van der Waals surface area contributed by atoms with Crippen LogP contribution in [0.4, 0.5) is 0 Å². The molecular weight excluding hydrogens is 470 g/mol. The number of H-pyrrole nitrogens is 1. The highest BCUT2D eigenvalue weighted by atomic mass is 32.1. The molecule has 2 aromatic carbocycles. The van der Waals surface area contributed by atoms with Gasteiger partial charge in [-0.15, -0.1) is 11.3 Å². The van der Waals surface area contributed by atoms with Gasteiger partial charge < -0.3 is 19.9 Å². The fraction of sp³-hybridized carbons (Fsp3) is 0.241. The van der Waals surface area contributed by atoms with Gasteiger partial charge in [0.2, 0.25) is 5.91 Å². The van der Waals surface area contributed by atoms with Gasteiger partial charge in [0.15, 0.2) is 0 Å². The fourth-order valence-electron chi connectivity index (χ4n) is 3.98. The second-order valence-corrected chi connectivity index (χ2v) is 10.6. The third kappa shape index (κ3) is 6.04. The first-order valence-corrected chi connectivity index (χ1v) is 12.7. The summed E-state index contributed by atoms with van der Waals surface area (Å²) in [5.41, 5.74) is 2.69. The fourth-order valence-corrected chi connectivity index (χ4v) is 4.81. The number of carbonyl (C=O) groups excluding carboxylic acids is 2. The molecule has 0 fully saturated rings. The van der Waals surface area contributed by atoms with Crippen LogP contribution in [-0.2, 0) is 11.3 Å². The first-order chi connectivity index (χ1) is 17.2. The topological polar surface area (TPSA) is 74.4 Å². The number of ether oxygens (including phenoxy) is 1. The largest absolute Gasteiger partial charge is 0.497 e. The van der Waals surface area contributed by atoms with E-state index in [4.69, 9.17) is 4.74 Å². The number of nitrogens with zero attached hydrogens (tertiary/aromatic N) is 1. The summed E-state index contributed by atoms with van der Waals surface area (Å²) in [6.07, 6.45) is 0. The van der Waals surface area contributed by atoms with Crippen molar-refractivity contribution < 1.29 is 14.3 Å². The van der Waals surface area contributed by atoms with Gasteiger partial charge in [0.25, 0.3) is 5.91 Å². The number of thiophene rings is 1. The smallest absolute Gasteiger partial charge is 0.271 e. The summed E-state index contributed by atoms with van der Waals surface area (Å²) in [5.74, 6) is 0.255. The second kappa shape index (κ2) is 10.8. The third-order valence-corrected chi connectivity index (χ3v) is 6.57. The molecule has 0 radical (unpaired) electrons. The molecule has 0 unspecified atom stereocenters. The number of amides is 2. The molecule has 2 N–H and O–H groups in total. The normalized spacial score (nSPS) is 12.1.